The normalized spacial score (nSPS) is 16.2. The van der Waals surface area contributed by atoms with E-state index in [9.17, 15) is 0 Å². The van der Waals surface area contributed by atoms with Crippen LogP contribution in [0.2, 0.25) is 0 Å². The van der Waals surface area contributed by atoms with Gasteiger partial charge in [-0.25, -0.2) is 9.67 Å². The summed E-state index contributed by atoms with van der Waals surface area (Å²) in [7, 11) is 0. The van der Waals surface area contributed by atoms with Crippen LogP contribution in [0.4, 0.5) is 0 Å². The van der Waals surface area contributed by atoms with Gasteiger partial charge in [-0.2, -0.15) is 5.10 Å². The molecule has 172 valence electrons. The van der Waals surface area contributed by atoms with Crippen molar-refractivity contribution in [1.29, 1.82) is 0 Å². The molecule has 0 aliphatic carbocycles. The summed E-state index contributed by atoms with van der Waals surface area (Å²) in [6.45, 7) is 11.7. The molecule has 1 saturated heterocycles. The van der Waals surface area contributed by atoms with Gasteiger partial charge in [0.05, 0.1) is 31.1 Å². The topological polar surface area (TPSA) is 72.7 Å². The summed E-state index contributed by atoms with van der Waals surface area (Å²) in [4.78, 5) is 4.78. The SMILES string of the molecule is CCNC(=NCc1ccccc1-n1nc(C)cc1C)NCCCOCC1CCOC1.I. The molecule has 8 heteroatoms. The van der Waals surface area contributed by atoms with Crippen molar-refractivity contribution in [3.8, 4) is 5.69 Å². The van der Waals surface area contributed by atoms with Gasteiger partial charge in [0.2, 0.25) is 0 Å². The Morgan fingerprint density at radius 1 is 1.29 bits per heavy atom. The van der Waals surface area contributed by atoms with Crippen molar-refractivity contribution in [1.82, 2.24) is 20.4 Å². The molecule has 0 spiro atoms. The summed E-state index contributed by atoms with van der Waals surface area (Å²) in [5.74, 6) is 1.39. The fraction of sp³-hybridized carbons (Fsp3) is 0.565. The Bertz CT molecular complexity index is 818. The molecule has 0 saturated carbocycles. The van der Waals surface area contributed by atoms with E-state index in [1.807, 2.05) is 23.7 Å². The molecule has 0 amide bonds. The molecule has 3 rings (SSSR count). The highest BCUT2D eigenvalue weighted by atomic mass is 127. The average Bonchev–Trinajstić information content (AvgIpc) is 3.38. The van der Waals surface area contributed by atoms with E-state index >= 15 is 0 Å². The van der Waals surface area contributed by atoms with Crippen LogP contribution in [0.5, 0.6) is 0 Å². The van der Waals surface area contributed by atoms with Gasteiger partial charge in [-0.15, -0.1) is 24.0 Å². The number of ether oxygens (including phenoxy) is 2. The lowest BCUT2D eigenvalue weighted by atomic mass is 10.1. The van der Waals surface area contributed by atoms with Crippen LogP contribution in [0.3, 0.4) is 0 Å². The van der Waals surface area contributed by atoms with Crippen molar-refractivity contribution in [2.45, 2.75) is 40.2 Å². The minimum absolute atomic E-state index is 0. The maximum Gasteiger partial charge on any atom is 0.191 e. The molecular weight excluding hydrogens is 505 g/mol. The minimum Gasteiger partial charge on any atom is -0.381 e. The molecule has 7 nitrogen and oxygen atoms in total. The number of guanidine groups is 1. The zero-order chi connectivity index (χ0) is 21.2. The van der Waals surface area contributed by atoms with Gasteiger partial charge in [0.15, 0.2) is 5.96 Å². The van der Waals surface area contributed by atoms with Gasteiger partial charge in [0, 0.05) is 37.9 Å². The highest BCUT2D eigenvalue weighted by molar-refractivity contribution is 14.0. The van der Waals surface area contributed by atoms with Crippen LogP contribution in [-0.2, 0) is 16.0 Å². The molecule has 31 heavy (non-hydrogen) atoms. The molecule has 1 aromatic carbocycles. The molecular formula is C23H36IN5O2. The Balaban J connectivity index is 0.00000341. The van der Waals surface area contributed by atoms with E-state index in [4.69, 9.17) is 14.5 Å². The Kier molecular flexibility index (Phi) is 11.3. The number of hydrogen-bond donors (Lipinski definition) is 2. The van der Waals surface area contributed by atoms with Gasteiger partial charge >= 0.3 is 0 Å². The number of aliphatic imine (C=N–C) groups is 1. The molecule has 2 aromatic rings. The standard InChI is InChI=1S/C23H35N5O2.HI/c1-4-24-23(25-11-7-12-29-16-20-10-13-30-17-20)26-15-21-8-5-6-9-22(21)28-19(3)14-18(2)27-28;/h5-6,8-9,14,20H,4,7,10-13,15-17H2,1-3H3,(H2,24,25,26);1H. The highest BCUT2D eigenvalue weighted by Crippen LogP contribution is 2.18. The smallest absolute Gasteiger partial charge is 0.191 e. The van der Waals surface area contributed by atoms with E-state index in [2.05, 4.69) is 47.8 Å². The zero-order valence-electron chi connectivity index (χ0n) is 18.9. The molecule has 1 unspecified atom stereocenters. The minimum atomic E-state index is 0. The van der Waals surface area contributed by atoms with Crippen molar-refractivity contribution < 1.29 is 9.47 Å². The predicted octanol–water partition coefficient (Wildman–Crippen LogP) is 3.61. The maximum atomic E-state index is 5.78. The van der Waals surface area contributed by atoms with Crippen LogP contribution in [0.25, 0.3) is 5.69 Å². The van der Waals surface area contributed by atoms with Crippen molar-refractivity contribution in [2.24, 2.45) is 10.9 Å². The Morgan fingerprint density at radius 3 is 2.84 bits per heavy atom. The fourth-order valence-electron chi connectivity index (χ4n) is 3.58. The van der Waals surface area contributed by atoms with Crippen LogP contribution in [0, 0.1) is 19.8 Å². The van der Waals surface area contributed by atoms with E-state index in [0.717, 1.165) is 81.0 Å². The molecule has 1 fully saturated rings. The molecule has 0 bridgehead atoms. The quantitative estimate of drug-likeness (QED) is 0.208. The molecule has 2 heterocycles. The number of para-hydroxylation sites is 1. The fourth-order valence-corrected chi connectivity index (χ4v) is 3.58. The van der Waals surface area contributed by atoms with Gasteiger partial charge in [-0.05, 0) is 51.3 Å². The number of nitrogens with zero attached hydrogens (tertiary/aromatic N) is 3. The summed E-state index contributed by atoms with van der Waals surface area (Å²) in [5.41, 5.74) is 4.36. The summed E-state index contributed by atoms with van der Waals surface area (Å²) >= 11 is 0. The van der Waals surface area contributed by atoms with Gasteiger partial charge < -0.3 is 20.1 Å². The van der Waals surface area contributed by atoms with E-state index < -0.39 is 0 Å². The molecule has 1 aliphatic rings. The van der Waals surface area contributed by atoms with Gasteiger partial charge in [0.1, 0.15) is 0 Å². The van der Waals surface area contributed by atoms with Crippen molar-refractivity contribution in [2.75, 3.05) is 39.5 Å². The van der Waals surface area contributed by atoms with E-state index in [-0.39, 0.29) is 24.0 Å². The predicted molar refractivity (Wildman–Crippen MR) is 136 cm³/mol. The average molecular weight is 541 g/mol. The van der Waals surface area contributed by atoms with Crippen LogP contribution in [0.1, 0.15) is 36.7 Å². The lowest BCUT2D eigenvalue weighted by Gasteiger charge is -2.13. The van der Waals surface area contributed by atoms with E-state index in [1.54, 1.807) is 0 Å². The first-order valence-corrected chi connectivity index (χ1v) is 11.0. The number of nitrogens with one attached hydrogen (secondary N) is 2. The second-order valence-corrected chi connectivity index (χ2v) is 7.75. The summed E-state index contributed by atoms with van der Waals surface area (Å²) in [6.07, 6.45) is 2.06. The van der Waals surface area contributed by atoms with Crippen molar-refractivity contribution >= 4 is 29.9 Å². The number of rotatable bonds is 10. The van der Waals surface area contributed by atoms with Crippen molar-refractivity contribution in [3.05, 3.63) is 47.3 Å². The lowest BCUT2D eigenvalue weighted by molar-refractivity contribution is 0.0888. The zero-order valence-corrected chi connectivity index (χ0v) is 21.2. The molecule has 2 N–H and O–H groups in total. The van der Waals surface area contributed by atoms with Crippen LogP contribution < -0.4 is 10.6 Å². The third-order valence-electron chi connectivity index (χ3n) is 5.12. The Hall–Kier alpha value is -1.65. The molecule has 1 aliphatic heterocycles. The largest absolute Gasteiger partial charge is 0.381 e. The first-order valence-electron chi connectivity index (χ1n) is 11.0. The van der Waals surface area contributed by atoms with Crippen LogP contribution in [-0.4, -0.2) is 55.3 Å². The number of halogens is 1. The second-order valence-electron chi connectivity index (χ2n) is 7.75. The highest BCUT2D eigenvalue weighted by Gasteiger charge is 2.15. The first kappa shape index (κ1) is 25.6. The maximum absolute atomic E-state index is 5.78. The molecule has 0 radical (unpaired) electrons. The number of aryl methyl sites for hydroxylation is 2. The van der Waals surface area contributed by atoms with Crippen molar-refractivity contribution in [3.63, 3.8) is 0 Å². The number of aromatic nitrogens is 2. The summed E-state index contributed by atoms with van der Waals surface area (Å²) < 4.78 is 13.1. The van der Waals surface area contributed by atoms with Gasteiger partial charge in [0.25, 0.3) is 0 Å². The van der Waals surface area contributed by atoms with E-state index in [0.29, 0.717) is 12.5 Å². The lowest BCUT2D eigenvalue weighted by Crippen LogP contribution is -2.38. The van der Waals surface area contributed by atoms with Gasteiger partial charge in [-0.3, -0.25) is 0 Å². The number of hydrogen-bond acceptors (Lipinski definition) is 4. The van der Waals surface area contributed by atoms with Crippen LogP contribution in [0.15, 0.2) is 35.3 Å². The van der Waals surface area contributed by atoms with Crippen LogP contribution >= 0.6 is 24.0 Å². The Labute approximate surface area is 203 Å². The Morgan fingerprint density at radius 2 is 2.13 bits per heavy atom. The third-order valence-corrected chi connectivity index (χ3v) is 5.12. The summed E-state index contributed by atoms with van der Waals surface area (Å²) in [5, 5.41) is 11.4. The first-order chi connectivity index (χ1) is 14.7. The molecule has 1 aromatic heterocycles. The monoisotopic (exact) mass is 541 g/mol. The van der Waals surface area contributed by atoms with E-state index in [1.165, 1.54) is 0 Å². The molecule has 1 atom stereocenters. The third kappa shape index (κ3) is 8.08. The summed E-state index contributed by atoms with van der Waals surface area (Å²) in [6, 6.07) is 10.4. The number of benzene rings is 1. The van der Waals surface area contributed by atoms with Gasteiger partial charge in [-0.1, -0.05) is 18.2 Å². The second kappa shape index (κ2) is 13.7.